The van der Waals surface area contributed by atoms with Gasteiger partial charge < -0.3 is 15.5 Å². The molecule has 1 aliphatic rings. The largest absolute Gasteiger partial charge is 0.464 e. The molecule has 122 valence electrons. The molecule has 4 heteroatoms. The van der Waals surface area contributed by atoms with E-state index in [4.69, 9.17) is 10.2 Å². The zero-order valence-corrected chi connectivity index (χ0v) is 13.4. The van der Waals surface area contributed by atoms with Crippen LogP contribution in [0.1, 0.15) is 29.6 Å². The maximum atomic E-state index is 12.3. The number of carbonyl (C=O) groups excluding carboxylic acids is 1. The van der Waals surface area contributed by atoms with E-state index in [2.05, 4.69) is 11.4 Å². The van der Waals surface area contributed by atoms with Gasteiger partial charge in [-0.15, -0.1) is 0 Å². The summed E-state index contributed by atoms with van der Waals surface area (Å²) in [5.74, 6) is -0.0223. The van der Waals surface area contributed by atoms with Crippen molar-refractivity contribution in [3.05, 3.63) is 60.4 Å². The highest BCUT2D eigenvalue weighted by Gasteiger charge is 2.23. The number of amides is 1. The fourth-order valence-corrected chi connectivity index (χ4v) is 3.38. The topological polar surface area (TPSA) is 68.3 Å². The summed E-state index contributed by atoms with van der Waals surface area (Å²) in [7, 11) is 0. The Bertz CT molecular complexity index is 867. The van der Waals surface area contributed by atoms with Crippen LogP contribution in [0.3, 0.4) is 0 Å². The standard InChI is InChI=1S/C20H20N2O2/c21-17-6-7-18(12-17)22-20(23)14-3-1-13(2-4-14)15-5-8-19-16(11-15)9-10-24-19/h1-5,8-11,17-18H,6-7,12,21H2,(H,22,23)/t17-,18+/m1/s1. The SMILES string of the molecule is N[C@@H]1CC[C@H](NC(=O)c2ccc(-c3ccc4occc4c3)cc2)C1. The van der Waals surface area contributed by atoms with E-state index < -0.39 is 0 Å². The van der Waals surface area contributed by atoms with Gasteiger partial charge in [0.2, 0.25) is 0 Å². The van der Waals surface area contributed by atoms with Crippen LogP contribution in [0.15, 0.2) is 59.2 Å². The lowest BCUT2D eigenvalue weighted by atomic mass is 10.0. The Morgan fingerprint density at radius 1 is 1.04 bits per heavy atom. The number of benzene rings is 2. The second-order valence-electron chi connectivity index (χ2n) is 6.49. The highest BCUT2D eigenvalue weighted by molar-refractivity contribution is 5.95. The summed E-state index contributed by atoms with van der Waals surface area (Å²) in [6.45, 7) is 0. The van der Waals surface area contributed by atoms with Crippen molar-refractivity contribution in [2.45, 2.75) is 31.3 Å². The lowest BCUT2D eigenvalue weighted by molar-refractivity contribution is 0.0937. The lowest BCUT2D eigenvalue weighted by Crippen LogP contribution is -2.33. The predicted molar refractivity (Wildman–Crippen MR) is 94.7 cm³/mol. The number of hydrogen-bond acceptors (Lipinski definition) is 3. The number of hydrogen-bond donors (Lipinski definition) is 2. The smallest absolute Gasteiger partial charge is 0.251 e. The summed E-state index contributed by atoms with van der Waals surface area (Å²) in [5.41, 5.74) is 9.65. The molecule has 1 fully saturated rings. The minimum atomic E-state index is -0.0223. The van der Waals surface area contributed by atoms with Crippen molar-refractivity contribution in [2.24, 2.45) is 5.73 Å². The monoisotopic (exact) mass is 320 g/mol. The molecule has 4 nitrogen and oxygen atoms in total. The summed E-state index contributed by atoms with van der Waals surface area (Å²) < 4.78 is 5.37. The molecule has 4 rings (SSSR count). The molecule has 1 aromatic heterocycles. The van der Waals surface area contributed by atoms with E-state index in [1.54, 1.807) is 6.26 Å². The Morgan fingerprint density at radius 2 is 1.83 bits per heavy atom. The molecule has 3 N–H and O–H groups in total. The van der Waals surface area contributed by atoms with Gasteiger partial charge in [0.15, 0.2) is 0 Å². The number of nitrogens with one attached hydrogen (secondary N) is 1. The summed E-state index contributed by atoms with van der Waals surface area (Å²) >= 11 is 0. The molecule has 1 heterocycles. The molecule has 0 spiro atoms. The van der Waals surface area contributed by atoms with Crippen molar-refractivity contribution in [2.75, 3.05) is 0 Å². The van der Waals surface area contributed by atoms with Crippen molar-refractivity contribution < 1.29 is 9.21 Å². The second-order valence-corrected chi connectivity index (χ2v) is 6.49. The lowest BCUT2D eigenvalue weighted by Gasteiger charge is -2.12. The van der Waals surface area contributed by atoms with Crippen molar-refractivity contribution >= 4 is 16.9 Å². The normalized spacial score (nSPS) is 20.4. The van der Waals surface area contributed by atoms with Crippen LogP contribution in [0, 0.1) is 0 Å². The Morgan fingerprint density at radius 3 is 2.58 bits per heavy atom. The van der Waals surface area contributed by atoms with Gasteiger partial charge in [-0.2, -0.15) is 0 Å². The predicted octanol–water partition coefficient (Wildman–Crippen LogP) is 3.71. The quantitative estimate of drug-likeness (QED) is 0.773. The van der Waals surface area contributed by atoms with Crippen LogP contribution in [-0.2, 0) is 0 Å². The van der Waals surface area contributed by atoms with Crippen LogP contribution >= 0.6 is 0 Å². The fraction of sp³-hybridized carbons (Fsp3) is 0.250. The van der Waals surface area contributed by atoms with Crippen LogP contribution in [0.2, 0.25) is 0 Å². The van der Waals surface area contributed by atoms with E-state index in [0.717, 1.165) is 41.4 Å². The van der Waals surface area contributed by atoms with Gasteiger partial charge in [0.05, 0.1) is 6.26 Å². The first-order chi connectivity index (χ1) is 11.7. The number of carbonyl (C=O) groups is 1. The number of nitrogens with two attached hydrogens (primary N) is 1. The van der Waals surface area contributed by atoms with Crippen molar-refractivity contribution in [1.29, 1.82) is 0 Å². The van der Waals surface area contributed by atoms with Crippen LogP contribution in [0.25, 0.3) is 22.1 Å². The van der Waals surface area contributed by atoms with Gasteiger partial charge in [0.1, 0.15) is 5.58 Å². The fourth-order valence-electron chi connectivity index (χ4n) is 3.38. The Balaban J connectivity index is 1.50. The van der Waals surface area contributed by atoms with E-state index in [0.29, 0.717) is 5.56 Å². The zero-order chi connectivity index (χ0) is 16.5. The molecule has 2 aromatic carbocycles. The highest BCUT2D eigenvalue weighted by Crippen LogP contribution is 2.25. The van der Waals surface area contributed by atoms with Crippen molar-refractivity contribution in [3.8, 4) is 11.1 Å². The molecule has 0 unspecified atom stereocenters. The molecule has 1 aliphatic carbocycles. The Labute approximate surface area is 140 Å². The molecule has 1 amide bonds. The minimum Gasteiger partial charge on any atom is -0.464 e. The summed E-state index contributed by atoms with van der Waals surface area (Å²) in [4.78, 5) is 12.3. The Kier molecular flexibility index (Phi) is 3.82. The molecular formula is C20H20N2O2. The van der Waals surface area contributed by atoms with Gasteiger partial charge in [-0.1, -0.05) is 18.2 Å². The maximum absolute atomic E-state index is 12.3. The maximum Gasteiger partial charge on any atom is 0.251 e. The third kappa shape index (κ3) is 2.93. The molecule has 0 bridgehead atoms. The average molecular weight is 320 g/mol. The molecule has 1 saturated carbocycles. The molecule has 3 aromatic rings. The van der Waals surface area contributed by atoms with Crippen molar-refractivity contribution in [1.82, 2.24) is 5.32 Å². The van der Waals surface area contributed by atoms with Gasteiger partial charge >= 0.3 is 0 Å². The van der Waals surface area contributed by atoms with Gasteiger partial charge in [-0.05, 0) is 60.7 Å². The van der Waals surface area contributed by atoms with Crippen LogP contribution in [-0.4, -0.2) is 18.0 Å². The van der Waals surface area contributed by atoms with E-state index in [9.17, 15) is 4.79 Å². The van der Waals surface area contributed by atoms with Gasteiger partial charge in [0.25, 0.3) is 5.91 Å². The number of fused-ring (bicyclic) bond motifs is 1. The molecule has 0 radical (unpaired) electrons. The molecule has 24 heavy (non-hydrogen) atoms. The summed E-state index contributed by atoms with van der Waals surface area (Å²) in [6, 6.07) is 16.2. The Hall–Kier alpha value is -2.59. The first-order valence-corrected chi connectivity index (χ1v) is 8.33. The molecule has 0 aliphatic heterocycles. The van der Waals surface area contributed by atoms with Crippen LogP contribution < -0.4 is 11.1 Å². The summed E-state index contributed by atoms with van der Waals surface area (Å²) in [6.07, 6.45) is 4.52. The van der Waals surface area contributed by atoms with E-state index in [1.807, 2.05) is 42.5 Å². The first-order valence-electron chi connectivity index (χ1n) is 8.33. The average Bonchev–Trinajstić information content (AvgIpc) is 3.23. The second kappa shape index (κ2) is 6.13. The van der Waals surface area contributed by atoms with E-state index in [-0.39, 0.29) is 18.0 Å². The van der Waals surface area contributed by atoms with Crippen molar-refractivity contribution in [3.63, 3.8) is 0 Å². The van der Waals surface area contributed by atoms with Gasteiger partial charge in [-0.25, -0.2) is 0 Å². The number of furan rings is 1. The highest BCUT2D eigenvalue weighted by atomic mass is 16.3. The van der Waals surface area contributed by atoms with Crippen LogP contribution in [0.5, 0.6) is 0 Å². The molecule has 0 saturated heterocycles. The third-order valence-electron chi connectivity index (χ3n) is 4.74. The van der Waals surface area contributed by atoms with E-state index >= 15 is 0 Å². The first kappa shape index (κ1) is 15.0. The molecule has 2 atom stereocenters. The zero-order valence-electron chi connectivity index (χ0n) is 13.4. The minimum absolute atomic E-state index is 0.0223. The third-order valence-corrected chi connectivity index (χ3v) is 4.74. The molecular weight excluding hydrogens is 300 g/mol. The van der Waals surface area contributed by atoms with E-state index in [1.165, 1.54) is 0 Å². The summed E-state index contributed by atoms with van der Waals surface area (Å²) in [5, 5.41) is 4.15. The van der Waals surface area contributed by atoms with Gasteiger partial charge in [-0.3, -0.25) is 4.79 Å². The van der Waals surface area contributed by atoms with Crippen LogP contribution in [0.4, 0.5) is 0 Å². The van der Waals surface area contributed by atoms with Gasteiger partial charge in [0, 0.05) is 23.0 Å². The number of rotatable bonds is 3.